The number of nitrogens with zero attached hydrogens (tertiary/aromatic N) is 3. The minimum atomic E-state index is -0.809. The van der Waals surface area contributed by atoms with Crippen molar-refractivity contribution in [3.63, 3.8) is 0 Å². The number of fused-ring (bicyclic) bond motifs is 1. The number of rotatable bonds is 4. The Balaban J connectivity index is 2.35. The van der Waals surface area contributed by atoms with Gasteiger partial charge in [-0.1, -0.05) is 18.2 Å². The van der Waals surface area contributed by atoms with Gasteiger partial charge in [0, 0.05) is 23.5 Å². The summed E-state index contributed by atoms with van der Waals surface area (Å²) in [7, 11) is 0. The summed E-state index contributed by atoms with van der Waals surface area (Å²) in [5, 5.41) is 0.942. The second kappa shape index (κ2) is 5.52. The van der Waals surface area contributed by atoms with Crippen molar-refractivity contribution in [1.29, 1.82) is 0 Å². The number of aromatic nitrogens is 3. The largest absolute Gasteiger partial charge is 0.299 e. The number of hydrogen-bond acceptors (Lipinski definition) is 4. The number of carbonyl (C=O) groups is 2. The second-order valence-corrected chi connectivity index (χ2v) is 5.17. The molecule has 22 heavy (non-hydrogen) atoms. The molecule has 0 saturated carbocycles. The zero-order chi connectivity index (χ0) is 15.7. The van der Waals surface area contributed by atoms with Crippen LogP contribution < -0.4 is 0 Å². The smallest absolute Gasteiger partial charge is 0.234 e. The van der Waals surface area contributed by atoms with Crippen LogP contribution in [0.2, 0.25) is 0 Å². The summed E-state index contributed by atoms with van der Waals surface area (Å²) in [6, 6.07) is 11.3. The zero-order valence-corrected chi connectivity index (χ0v) is 12.4. The van der Waals surface area contributed by atoms with Crippen molar-refractivity contribution < 1.29 is 9.59 Å². The number of benzene rings is 1. The number of para-hydroxylation sites is 1. The molecular weight excluding hydrogens is 278 g/mol. The fraction of sp³-hybridized carbons (Fsp3) is 0.176. The molecule has 2 aromatic heterocycles. The van der Waals surface area contributed by atoms with Crippen LogP contribution in [0, 0.1) is 0 Å². The van der Waals surface area contributed by atoms with Gasteiger partial charge in [-0.25, -0.2) is 9.97 Å². The standard InChI is InChI=1S/C17H15N3O2/c1-11(21)16(12(2)22)15-10-13-6-3-4-7-14(13)20(15)17-18-8-5-9-19-17/h3-10,16H,1-2H3. The van der Waals surface area contributed by atoms with E-state index in [-0.39, 0.29) is 11.6 Å². The lowest BCUT2D eigenvalue weighted by Crippen LogP contribution is -2.20. The molecule has 0 aliphatic carbocycles. The maximum absolute atomic E-state index is 12.0. The first kappa shape index (κ1) is 14.1. The molecule has 0 unspecified atom stereocenters. The fourth-order valence-corrected chi connectivity index (χ4v) is 2.72. The average molecular weight is 293 g/mol. The molecular formula is C17H15N3O2. The van der Waals surface area contributed by atoms with Crippen LogP contribution in [0.15, 0.2) is 48.8 Å². The van der Waals surface area contributed by atoms with Crippen LogP contribution in [0.25, 0.3) is 16.9 Å². The Morgan fingerprint density at radius 3 is 2.27 bits per heavy atom. The minimum Gasteiger partial charge on any atom is -0.299 e. The van der Waals surface area contributed by atoms with Gasteiger partial charge < -0.3 is 0 Å². The van der Waals surface area contributed by atoms with Crippen molar-refractivity contribution in [2.45, 2.75) is 19.8 Å². The summed E-state index contributed by atoms with van der Waals surface area (Å²) in [6.07, 6.45) is 3.27. The number of Topliss-reactive ketones (excluding diaryl/α,β-unsaturated/α-hetero) is 2. The third-order valence-electron chi connectivity index (χ3n) is 3.60. The quantitative estimate of drug-likeness (QED) is 0.694. The number of ketones is 2. The predicted molar refractivity (Wildman–Crippen MR) is 83.0 cm³/mol. The zero-order valence-electron chi connectivity index (χ0n) is 12.4. The van der Waals surface area contributed by atoms with Gasteiger partial charge in [-0.3, -0.25) is 14.2 Å². The van der Waals surface area contributed by atoms with Gasteiger partial charge in [-0.2, -0.15) is 0 Å². The van der Waals surface area contributed by atoms with E-state index in [1.807, 2.05) is 30.3 Å². The lowest BCUT2D eigenvalue weighted by Gasteiger charge is -2.14. The molecule has 110 valence electrons. The number of hydrogen-bond donors (Lipinski definition) is 0. The maximum Gasteiger partial charge on any atom is 0.234 e. The molecule has 0 spiro atoms. The van der Waals surface area contributed by atoms with Crippen LogP contribution in [-0.2, 0) is 9.59 Å². The van der Waals surface area contributed by atoms with Gasteiger partial charge in [0.05, 0.1) is 5.52 Å². The van der Waals surface area contributed by atoms with Crippen molar-refractivity contribution in [3.8, 4) is 5.95 Å². The molecule has 3 aromatic rings. The fourth-order valence-electron chi connectivity index (χ4n) is 2.72. The van der Waals surface area contributed by atoms with Crippen LogP contribution >= 0.6 is 0 Å². The molecule has 5 nitrogen and oxygen atoms in total. The topological polar surface area (TPSA) is 64.8 Å². The predicted octanol–water partition coefficient (Wildman–Crippen LogP) is 2.68. The molecule has 0 bridgehead atoms. The third kappa shape index (κ3) is 2.30. The van der Waals surface area contributed by atoms with Gasteiger partial charge in [0.15, 0.2) is 0 Å². The van der Waals surface area contributed by atoms with Gasteiger partial charge >= 0.3 is 0 Å². The van der Waals surface area contributed by atoms with E-state index >= 15 is 0 Å². The van der Waals surface area contributed by atoms with Crippen LogP contribution in [0.5, 0.6) is 0 Å². The minimum absolute atomic E-state index is 0.188. The van der Waals surface area contributed by atoms with Gasteiger partial charge in [0.1, 0.15) is 17.5 Å². The Morgan fingerprint density at radius 1 is 1.00 bits per heavy atom. The summed E-state index contributed by atoms with van der Waals surface area (Å²) >= 11 is 0. The molecule has 0 N–H and O–H groups in total. The van der Waals surface area contributed by atoms with Crippen molar-refractivity contribution in [2.24, 2.45) is 0 Å². The highest BCUT2D eigenvalue weighted by Crippen LogP contribution is 2.29. The summed E-state index contributed by atoms with van der Waals surface area (Å²) in [4.78, 5) is 32.5. The van der Waals surface area contributed by atoms with Crippen molar-refractivity contribution >= 4 is 22.5 Å². The SMILES string of the molecule is CC(=O)C(C(C)=O)c1cc2ccccc2n1-c1ncccn1. The first-order valence-corrected chi connectivity index (χ1v) is 6.98. The van der Waals surface area contributed by atoms with Gasteiger partial charge in [-0.15, -0.1) is 0 Å². The highest BCUT2D eigenvalue weighted by molar-refractivity contribution is 6.06. The van der Waals surface area contributed by atoms with Crippen molar-refractivity contribution in [2.75, 3.05) is 0 Å². The molecule has 0 fully saturated rings. The first-order valence-electron chi connectivity index (χ1n) is 6.98. The third-order valence-corrected chi connectivity index (χ3v) is 3.60. The van der Waals surface area contributed by atoms with E-state index in [2.05, 4.69) is 9.97 Å². The molecule has 0 saturated heterocycles. The monoisotopic (exact) mass is 293 g/mol. The lowest BCUT2D eigenvalue weighted by atomic mass is 9.97. The van der Waals surface area contributed by atoms with Gasteiger partial charge in [-0.05, 0) is 32.0 Å². The van der Waals surface area contributed by atoms with E-state index in [0.717, 1.165) is 10.9 Å². The molecule has 1 aromatic carbocycles. The molecule has 0 aliphatic rings. The van der Waals surface area contributed by atoms with Crippen LogP contribution in [0.4, 0.5) is 0 Å². The molecule has 0 aliphatic heterocycles. The molecule has 2 heterocycles. The Hall–Kier alpha value is -2.82. The first-order chi connectivity index (χ1) is 10.6. The Labute approximate surface area is 127 Å². The summed E-state index contributed by atoms with van der Waals surface area (Å²) < 4.78 is 1.78. The molecule has 0 atom stereocenters. The van der Waals surface area contributed by atoms with Crippen LogP contribution in [0.1, 0.15) is 25.5 Å². The Kier molecular flexibility index (Phi) is 3.55. The molecule has 0 radical (unpaired) electrons. The second-order valence-electron chi connectivity index (χ2n) is 5.17. The van der Waals surface area contributed by atoms with Gasteiger partial charge in [0.2, 0.25) is 5.95 Å². The average Bonchev–Trinajstić information content (AvgIpc) is 2.86. The molecule has 0 amide bonds. The Morgan fingerprint density at radius 2 is 1.64 bits per heavy atom. The van der Waals surface area contributed by atoms with Gasteiger partial charge in [0.25, 0.3) is 0 Å². The van der Waals surface area contributed by atoms with E-state index in [1.54, 1.807) is 23.0 Å². The lowest BCUT2D eigenvalue weighted by molar-refractivity contribution is -0.127. The highest BCUT2D eigenvalue weighted by atomic mass is 16.1. The highest BCUT2D eigenvalue weighted by Gasteiger charge is 2.27. The molecule has 3 rings (SSSR count). The number of carbonyl (C=O) groups excluding carboxylic acids is 2. The van der Waals surface area contributed by atoms with E-state index in [9.17, 15) is 9.59 Å². The Bertz CT molecular complexity index is 839. The van der Waals surface area contributed by atoms with E-state index < -0.39 is 5.92 Å². The summed E-state index contributed by atoms with van der Waals surface area (Å²) in [5.41, 5.74) is 1.48. The van der Waals surface area contributed by atoms with E-state index in [4.69, 9.17) is 0 Å². The van der Waals surface area contributed by atoms with E-state index in [0.29, 0.717) is 11.6 Å². The van der Waals surface area contributed by atoms with Crippen LogP contribution in [-0.4, -0.2) is 26.1 Å². The van der Waals surface area contributed by atoms with Crippen molar-refractivity contribution in [3.05, 3.63) is 54.5 Å². The van der Waals surface area contributed by atoms with Crippen LogP contribution in [0.3, 0.4) is 0 Å². The summed E-state index contributed by atoms with van der Waals surface area (Å²) in [5.74, 6) is -0.734. The summed E-state index contributed by atoms with van der Waals surface area (Å²) in [6.45, 7) is 2.86. The maximum atomic E-state index is 12.0. The van der Waals surface area contributed by atoms with Crippen molar-refractivity contribution in [1.82, 2.24) is 14.5 Å². The van der Waals surface area contributed by atoms with E-state index in [1.165, 1.54) is 13.8 Å². The normalized spacial score (nSPS) is 11.0. The molecule has 5 heteroatoms.